The molecule has 1 aliphatic carbocycles. The molecule has 1 amide bonds. The maximum absolute atomic E-state index is 12.4. The monoisotopic (exact) mass is 259 g/mol. The average molecular weight is 259 g/mol. The fourth-order valence-electron chi connectivity index (χ4n) is 3.34. The van der Waals surface area contributed by atoms with Crippen molar-refractivity contribution in [2.45, 2.75) is 40.2 Å². The van der Waals surface area contributed by atoms with E-state index in [-0.39, 0.29) is 11.8 Å². The Hall–Kier alpha value is -1.31. The van der Waals surface area contributed by atoms with Gasteiger partial charge >= 0.3 is 0 Å². The predicted molar refractivity (Wildman–Crippen MR) is 78.5 cm³/mol. The third-order valence-corrected chi connectivity index (χ3v) is 4.50. The lowest BCUT2D eigenvalue weighted by Crippen LogP contribution is -2.36. The van der Waals surface area contributed by atoms with Gasteiger partial charge in [0.25, 0.3) is 0 Å². The zero-order chi connectivity index (χ0) is 13.8. The molecule has 2 rings (SSSR count). The highest BCUT2D eigenvalue weighted by Crippen LogP contribution is 2.41. The maximum atomic E-state index is 12.4. The van der Waals surface area contributed by atoms with Gasteiger partial charge in [-0.3, -0.25) is 4.79 Å². The summed E-state index contributed by atoms with van der Waals surface area (Å²) in [6, 6.07) is 10.1. The summed E-state index contributed by atoms with van der Waals surface area (Å²) in [5.41, 5.74) is 1.17. The molecule has 1 fully saturated rings. The lowest BCUT2D eigenvalue weighted by molar-refractivity contribution is -0.127. The molecule has 0 spiro atoms. The van der Waals surface area contributed by atoms with E-state index >= 15 is 0 Å². The summed E-state index contributed by atoms with van der Waals surface area (Å²) in [6.45, 7) is 7.34. The highest BCUT2D eigenvalue weighted by atomic mass is 16.1. The molecule has 1 aromatic rings. The molecule has 0 bridgehead atoms. The maximum Gasteiger partial charge on any atom is 0.223 e. The summed E-state index contributed by atoms with van der Waals surface area (Å²) in [4.78, 5) is 12.4. The summed E-state index contributed by atoms with van der Waals surface area (Å²) in [5, 5.41) is 3.12. The Labute approximate surface area is 116 Å². The summed E-state index contributed by atoms with van der Waals surface area (Å²) in [5.74, 6) is 2.10. The lowest BCUT2D eigenvalue weighted by atomic mass is 9.82. The molecular formula is C17H25NO. The van der Waals surface area contributed by atoms with Crippen molar-refractivity contribution in [1.29, 1.82) is 0 Å². The molecule has 0 unspecified atom stereocenters. The first-order valence-corrected chi connectivity index (χ1v) is 7.41. The number of carbonyl (C=O) groups excluding carboxylic acids is 1. The molecule has 1 N–H and O–H groups in total. The van der Waals surface area contributed by atoms with Crippen LogP contribution in [0.3, 0.4) is 0 Å². The highest BCUT2D eigenvalue weighted by Gasteiger charge is 2.39. The fourth-order valence-corrected chi connectivity index (χ4v) is 3.34. The van der Waals surface area contributed by atoms with Crippen molar-refractivity contribution in [3.8, 4) is 0 Å². The summed E-state index contributed by atoms with van der Waals surface area (Å²) in [7, 11) is 0. The van der Waals surface area contributed by atoms with Crippen LogP contribution in [0.15, 0.2) is 30.3 Å². The summed E-state index contributed by atoms with van der Waals surface area (Å²) >= 11 is 0. The minimum Gasteiger partial charge on any atom is -0.352 e. The van der Waals surface area contributed by atoms with E-state index in [1.54, 1.807) is 0 Å². The molecule has 3 atom stereocenters. The predicted octanol–water partition coefficient (Wildman–Crippen LogP) is 3.62. The van der Waals surface area contributed by atoms with E-state index in [9.17, 15) is 4.79 Å². The van der Waals surface area contributed by atoms with Gasteiger partial charge in [-0.15, -0.1) is 0 Å². The van der Waals surface area contributed by atoms with Crippen LogP contribution in [-0.4, -0.2) is 5.91 Å². The van der Waals surface area contributed by atoms with Gasteiger partial charge in [-0.05, 0) is 36.2 Å². The molecule has 0 radical (unpaired) electrons. The van der Waals surface area contributed by atoms with E-state index in [1.165, 1.54) is 18.4 Å². The Morgan fingerprint density at radius 2 is 1.95 bits per heavy atom. The number of nitrogens with one attached hydrogen (secondary N) is 1. The van der Waals surface area contributed by atoms with Gasteiger partial charge in [0.2, 0.25) is 5.91 Å². The third kappa shape index (κ3) is 3.37. The second kappa shape index (κ2) is 6.23. The normalized spacial score (nSPS) is 26.6. The van der Waals surface area contributed by atoms with Crippen LogP contribution in [0.2, 0.25) is 0 Å². The third-order valence-electron chi connectivity index (χ3n) is 4.50. The second-order valence-electron chi connectivity index (χ2n) is 6.19. The second-order valence-corrected chi connectivity index (χ2v) is 6.19. The standard InChI is InChI=1S/C17H25NO/c1-12(2)15-10-9-13(3)16(15)17(19)18-11-14-7-5-4-6-8-14/h4-8,12-13,15-16H,9-11H2,1-3H3,(H,18,19)/t13-,15+,16-/m0/s1. The molecule has 0 aromatic heterocycles. The molecule has 1 aliphatic rings. The van der Waals surface area contributed by atoms with Crippen LogP contribution in [0, 0.1) is 23.7 Å². The largest absolute Gasteiger partial charge is 0.352 e. The quantitative estimate of drug-likeness (QED) is 0.879. The minimum absolute atomic E-state index is 0.198. The van der Waals surface area contributed by atoms with Crippen molar-refractivity contribution < 1.29 is 4.79 Å². The van der Waals surface area contributed by atoms with Gasteiger partial charge in [0, 0.05) is 12.5 Å². The van der Waals surface area contributed by atoms with Gasteiger partial charge in [-0.25, -0.2) is 0 Å². The van der Waals surface area contributed by atoms with Crippen LogP contribution >= 0.6 is 0 Å². The lowest BCUT2D eigenvalue weighted by Gasteiger charge is -2.25. The topological polar surface area (TPSA) is 29.1 Å². The molecule has 19 heavy (non-hydrogen) atoms. The Morgan fingerprint density at radius 1 is 1.26 bits per heavy atom. The van der Waals surface area contributed by atoms with E-state index in [0.29, 0.717) is 24.3 Å². The SMILES string of the molecule is CC(C)[C@H]1CC[C@H](C)[C@@H]1C(=O)NCc1ccccc1. The first kappa shape index (κ1) is 14.1. The van der Waals surface area contributed by atoms with Crippen molar-refractivity contribution in [2.24, 2.45) is 23.7 Å². The van der Waals surface area contributed by atoms with Crippen LogP contribution < -0.4 is 5.32 Å². The Morgan fingerprint density at radius 3 is 2.58 bits per heavy atom. The number of rotatable bonds is 4. The van der Waals surface area contributed by atoms with Gasteiger partial charge in [0.15, 0.2) is 0 Å². The molecule has 0 saturated heterocycles. The van der Waals surface area contributed by atoms with E-state index in [2.05, 4.69) is 38.2 Å². The van der Waals surface area contributed by atoms with Gasteiger partial charge < -0.3 is 5.32 Å². The molecule has 1 aromatic carbocycles. The smallest absolute Gasteiger partial charge is 0.223 e. The first-order valence-electron chi connectivity index (χ1n) is 7.41. The molecule has 0 aliphatic heterocycles. The number of hydrogen-bond acceptors (Lipinski definition) is 1. The average Bonchev–Trinajstić information content (AvgIpc) is 2.79. The van der Waals surface area contributed by atoms with Gasteiger partial charge in [-0.1, -0.05) is 51.1 Å². The Bertz CT molecular complexity index is 413. The van der Waals surface area contributed by atoms with Crippen LogP contribution in [0.5, 0.6) is 0 Å². The van der Waals surface area contributed by atoms with E-state index in [0.717, 1.165) is 0 Å². The van der Waals surface area contributed by atoms with Crippen molar-refractivity contribution in [1.82, 2.24) is 5.32 Å². The molecule has 2 heteroatoms. The van der Waals surface area contributed by atoms with Crippen LogP contribution in [-0.2, 0) is 11.3 Å². The van der Waals surface area contributed by atoms with Crippen molar-refractivity contribution in [3.63, 3.8) is 0 Å². The van der Waals surface area contributed by atoms with Crippen LogP contribution in [0.25, 0.3) is 0 Å². The van der Waals surface area contributed by atoms with Crippen molar-refractivity contribution in [3.05, 3.63) is 35.9 Å². The molecule has 104 valence electrons. The number of hydrogen-bond donors (Lipinski definition) is 1. The number of benzene rings is 1. The zero-order valence-electron chi connectivity index (χ0n) is 12.2. The number of amides is 1. The zero-order valence-corrected chi connectivity index (χ0v) is 12.2. The van der Waals surface area contributed by atoms with Crippen LogP contribution in [0.4, 0.5) is 0 Å². The van der Waals surface area contributed by atoms with Gasteiger partial charge in [0.1, 0.15) is 0 Å². The summed E-state index contributed by atoms with van der Waals surface area (Å²) in [6.07, 6.45) is 2.38. The van der Waals surface area contributed by atoms with Crippen molar-refractivity contribution in [2.75, 3.05) is 0 Å². The molecule has 2 nitrogen and oxygen atoms in total. The van der Waals surface area contributed by atoms with E-state index < -0.39 is 0 Å². The van der Waals surface area contributed by atoms with Gasteiger partial charge in [-0.2, -0.15) is 0 Å². The summed E-state index contributed by atoms with van der Waals surface area (Å²) < 4.78 is 0. The molecule has 1 saturated carbocycles. The minimum atomic E-state index is 0.198. The highest BCUT2D eigenvalue weighted by molar-refractivity contribution is 5.79. The fraction of sp³-hybridized carbons (Fsp3) is 0.588. The van der Waals surface area contributed by atoms with Crippen molar-refractivity contribution >= 4 is 5.91 Å². The number of carbonyl (C=O) groups is 1. The van der Waals surface area contributed by atoms with E-state index in [4.69, 9.17) is 0 Å². The Balaban J connectivity index is 1.95. The first-order chi connectivity index (χ1) is 9.09. The Kier molecular flexibility index (Phi) is 4.62. The molecular weight excluding hydrogens is 234 g/mol. The molecule has 0 heterocycles. The van der Waals surface area contributed by atoms with E-state index in [1.807, 2.05) is 18.2 Å². The van der Waals surface area contributed by atoms with Gasteiger partial charge in [0.05, 0.1) is 0 Å². The van der Waals surface area contributed by atoms with Crippen LogP contribution in [0.1, 0.15) is 39.2 Å².